The van der Waals surface area contributed by atoms with E-state index >= 15 is 0 Å². The highest BCUT2D eigenvalue weighted by molar-refractivity contribution is 6.35. The van der Waals surface area contributed by atoms with E-state index in [-0.39, 0.29) is 15.7 Å². The number of halogens is 5. The first-order valence-corrected chi connectivity index (χ1v) is 6.49. The molecule has 1 heterocycles. The maximum Gasteiger partial charge on any atom is 0.437 e. The van der Waals surface area contributed by atoms with Gasteiger partial charge < -0.3 is 9.84 Å². The van der Waals surface area contributed by atoms with E-state index in [0.29, 0.717) is 6.20 Å². The Hall–Kier alpha value is -2.26. The van der Waals surface area contributed by atoms with Gasteiger partial charge in [-0.1, -0.05) is 23.2 Å². The topological polar surface area (TPSA) is 84.3 Å². The Bertz CT molecular complexity index is 736. The molecule has 0 radical (unpaired) electrons. The van der Waals surface area contributed by atoms with E-state index in [1.165, 1.54) is 18.2 Å². The number of hydrogen-bond donors (Lipinski definition) is 2. The summed E-state index contributed by atoms with van der Waals surface area (Å²) < 4.78 is 42.8. The Morgan fingerprint density at radius 3 is 2.39 bits per heavy atom. The molecule has 1 amide bonds. The molecule has 122 valence electrons. The first-order valence-electron chi connectivity index (χ1n) is 5.73. The second kappa shape index (κ2) is 6.47. The number of carbonyl (C=O) groups is 1. The number of benzene rings is 1. The van der Waals surface area contributed by atoms with Crippen molar-refractivity contribution in [1.82, 2.24) is 9.97 Å². The number of nitrogens with one attached hydrogen (secondary N) is 1. The molecule has 0 unspecified atom stereocenters. The molecule has 0 spiro atoms. The number of rotatable bonds is 2. The lowest BCUT2D eigenvalue weighted by atomic mass is 10.3. The number of hydrogen-bond acceptors (Lipinski definition) is 5. The normalized spacial score (nSPS) is 11.2. The number of aromatic hydroxyl groups is 1. The number of alkyl halides is 3. The van der Waals surface area contributed by atoms with E-state index in [0.717, 1.165) is 0 Å². The fourth-order valence-electron chi connectivity index (χ4n) is 1.51. The Labute approximate surface area is 136 Å². The van der Waals surface area contributed by atoms with E-state index in [1.807, 2.05) is 0 Å². The van der Waals surface area contributed by atoms with Crippen molar-refractivity contribution >= 4 is 35.0 Å². The van der Waals surface area contributed by atoms with Crippen molar-refractivity contribution in [2.45, 2.75) is 6.18 Å². The third-order valence-electron chi connectivity index (χ3n) is 2.32. The molecule has 0 aliphatic heterocycles. The van der Waals surface area contributed by atoms with Crippen molar-refractivity contribution in [1.29, 1.82) is 0 Å². The van der Waals surface area contributed by atoms with Gasteiger partial charge in [0.2, 0.25) is 0 Å². The number of nitrogens with zero attached hydrogens (tertiary/aromatic N) is 2. The summed E-state index contributed by atoms with van der Waals surface area (Å²) >= 11 is 11.4. The van der Waals surface area contributed by atoms with Crippen molar-refractivity contribution in [2.75, 3.05) is 5.32 Å². The highest BCUT2D eigenvalue weighted by Crippen LogP contribution is 2.35. The number of aromatic nitrogens is 2. The molecular weight excluding hydrogens is 362 g/mol. The lowest BCUT2D eigenvalue weighted by Crippen LogP contribution is -2.20. The highest BCUT2D eigenvalue weighted by atomic mass is 35.5. The first-order chi connectivity index (χ1) is 10.6. The molecule has 0 fully saturated rings. The van der Waals surface area contributed by atoms with Crippen LogP contribution in [0.1, 0.15) is 5.69 Å². The van der Waals surface area contributed by atoms with Crippen LogP contribution in [0, 0.1) is 0 Å². The smallest absolute Gasteiger partial charge is 0.437 e. The largest absolute Gasteiger partial charge is 0.479 e. The summed E-state index contributed by atoms with van der Waals surface area (Å²) in [5, 5.41) is 11.5. The zero-order chi connectivity index (χ0) is 17.2. The molecule has 0 aliphatic carbocycles. The summed E-state index contributed by atoms with van der Waals surface area (Å²) in [6.45, 7) is 0. The Morgan fingerprint density at radius 1 is 1.22 bits per heavy atom. The van der Waals surface area contributed by atoms with Crippen LogP contribution in [0.3, 0.4) is 0 Å². The molecular formula is C12H6Cl2F3N3O3. The fraction of sp³-hybridized carbons (Fsp3) is 0.0833. The molecule has 23 heavy (non-hydrogen) atoms. The zero-order valence-electron chi connectivity index (χ0n) is 10.9. The number of ether oxygens (including phenoxy) is 1. The van der Waals surface area contributed by atoms with Crippen LogP contribution in [-0.2, 0) is 6.18 Å². The fourth-order valence-corrected chi connectivity index (χ4v) is 2.03. The predicted octanol–water partition coefficient (Wildman–Crippen LogP) is 4.12. The summed E-state index contributed by atoms with van der Waals surface area (Å²) in [6.07, 6.45) is -5.67. The van der Waals surface area contributed by atoms with Crippen LogP contribution in [0.5, 0.6) is 11.8 Å². The van der Waals surface area contributed by atoms with Gasteiger partial charge in [0.05, 0.1) is 6.20 Å². The van der Waals surface area contributed by atoms with Gasteiger partial charge in [-0.3, -0.25) is 5.32 Å². The van der Waals surface area contributed by atoms with Crippen molar-refractivity contribution in [3.63, 3.8) is 0 Å². The molecule has 6 nitrogen and oxygen atoms in total. The summed E-state index contributed by atoms with van der Waals surface area (Å²) in [6, 6.07) is 2.92. The summed E-state index contributed by atoms with van der Waals surface area (Å²) in [7, 11) is 0. The van der Waals surface area contributed by atoms with Gasteiger partial charge in [0.25, 0.3) is 0 Å². The van der Waals surface area contributed by atoms with Gasteiger partial charge in [0, 0.05) is 15.7 Å². The molecule has 0 bridgehead atoms. The summed E-state index contributed by atoms with van der Waals surface area (Å²) in [4.78, 5) is 17.6. The summed E-state index contributed by atoms with van der Waals surface area (Å²) in [5.41, 5.74) is -1.48. The molecule has 0 aliphatic rings. The average molecular weight is 368 g/mol. The minimum absolute atomic E-state index is 0.112. The van der Waals surface area contributed by atoms with Crippen LogP contribution in [0.2, 0.25) is 10.0 Å². The van der Waals surface area contributed by atoms with Crippen LogP contribution in [-0.4, -0.2) is 21.2 Å². The molecule has 1 aromatic carbocycles. The van der Waals surface area contributed by atoms with E-state index in [1.54, 1.807) is 0 Å². The van der Waals surface area contributed by atoms with Crippen molar-refractivity contribution in [3.8, 4) is 11.8 Å². The molecule has 0 saturated heterocycles. The van der Waals surface area contributed by atoms with Crippen LogP contribution in [0.4, 0.5) is 23.7 Å². The van der Waals surface area contributed by atoms with Gasteiger partial charge in [0.1, 0.15) is 0 Å². The van der Waals surface area contributed by atoms with Gasteiger partial charge in [0.15, 0.2) is 11.4 Å². The first kappa shape index (κ1) is 17.1. The lowest BCUT2D eigenvalue weighted by molar-refractivity contribution is -0.142. The maximum atomic E-state index is 12.8. The van der Waals surface area contributed by atoms with Gasteiger partial charge in [-0.2, -0.15) is 23.1 Å². The van der Waals surface area contributed by atoms with Crippen LogP contribution >= 0.6 is 23.2 Å². The SMILES string of the molecule is O=C(Nc1cc(Cl)cc(Cl)c1)Oc1cnc(O)nc1C(F)(F)F. The van der Waals surface area contributed by atoms with Crippen LogP contribution in [0.25, 0.3) is 0 Å². The van der Waals surface area contributed by atoms with Crippen molar-refractivity contribution in [3.05, 3.63) is 40.1 Å². The second-order valence-electron chi connectivity index (χ2n) is 4.05. The number of carbonyl (C=O) groups excluding carboxylic acids is 1. The third kappa shape index (κ3) is 4.60. The monoisotopic (exact) mass is 367 g/mol. The maximum absolute atomic E-state index is 12.8. The highest BCUT2D eigenvalue weighted by Gasteiger charge is 2.38. The minimum atomic E-state index is -4.95. The Morgan fingerprint density at radius 2 is 1.83 bits per heavy atom. The molecule has 0 saturated carbocycles. The van der Waals surface area contributed by atoms with Gasteiger partial charge in [-0.25, -0.2) is 4.79 Å². The van der Waals surface area contributed by atoms with E-state index in [2.05, 4.69) is 20.0 Å². The van der Waals surface area contributed by atoms with E-state index in [9.17, 15) is 18.0 Å². The van der Waals surface area contributed by atoms with Crippen LogP contribution < -0.4 is 10.1 Å². The van der Waals surface area contributed by atoms with E-state index < -0.39 is 29.7 Å². The van der Waals surface area contributed by atoms with Gasteiger partial charge in [-0.05, 0) is 18.2 Å². The van der Waals surface area contributed by atoms with E-state index in [4.69, 9.17) is 28.3 Å². The summed E-state index contributed by atoms with van der Waals surface area (Å²) in [5.74, 6) is -0.971. The lowest BCUT2D eigenvalue weighted by Gasteiger charge is -2.12. The standard InChI is InChI=1S/C12H6Cl2F3N3O3/c13-5-1-6(14)3-7(2-5)19-11(22)23-8-4-18-10(21)20-9(8)12(15,16)17/h1-4H,(H,19,22)(H,18,20,21). The predicted molar refractivity (Wildman–Crippen MR) is 74.8 cm³/mol. The van der Waals surface area contributed by atoms with Crippen LogP contribution in [0.15, 0.2) is 24.4 Å². The zero-order valence-corrected chi connectivity index (χ0v) is 12.4. The number of anilines is 1. The average Bonchev–Trinajstić information content (AvgIpc) is 2.38. The second-order valence-corrected chi connectivity index (χ2v) is 4.93. The third-order valence-corrected chi connectivity index (χ3v) is 2.76. The van der Waals surface area contributed by atoms with Crippen molar-refractivity contribution < 1.29 is 27.8 Å². The minimum Gasteiger partial charge on any atom is -0.479 e. The molecule has 1 aromatic heterocycles. The van der Waals surface area contributed by atoms with Gasteiger partial charge >= 0.3 is 18.3 Å². The Kier molecular flexibility index (Phi) is 4.81. The quantitative estimate of drug-likeness (QED) is 0.833. The van der Waals surface area contributed by atoms with Gasteiger partial charge in [-0.15, -0.1) is 0 Å². The van der Waals surface area contributed by atoms with Crippen molar-refractivity contribution in [2.24, 2.45) is 0 Å². The Balaban J connectivity index is 2.20. The molecule has 0 atom stereocenters. The molecule has 2 rings (SSSR count). The molecule has 11 heteroatoms. The molecule has 2 N–H and O–H groups in total. The molecule has 2 aromatic rings. The number of amides is 1.